The van der Waals surface area contributed by atoms with Crippen molar-refractivity contribution >= 4 is 17.2 Å². The molecule has 1 aromatic carbocycles. The Labute approximate surface area is 92.9 Å². The van der Waals surface area contributed by atoms with Crippen LogP contribution in [0.3, 0.4) is 0 Å². The summed E-state index contributed by atoms with van der Waals surface area (Å²) in [6, 6.07) is 7.00. The van der Waals surface area contributed by atoms with Gasteiger partial charge in [-0.15, -0.1) is 0 Å². The molecule has 0 saturated carbocycles. The van der Waals surface area contributed by atoms with Gasteiger partial charge in [-0.2, -0.15) is 0 Å². The highest BCUT2D eigenvalue weighted by atomic mass is 16.3. The van der Waals surface area contributed by atoms with Gasteiger partial charge in [0.15, 0.2) is 11.5 Å². The normalized spacial score (nSPS) is 10.3. The molecule has 0 radical (unpaired) electrons. The molecule has 0 spiro atoms. The molecule has 0 fully saturated rings. The fourth-order valence-electron chi connectivity index (χ4n) is 1.43. The average Bonchev–Trinajstić information content (AvgIpc) is 2.71. The Bertz CT molecular complexity index is 544. The van der Waals surface area contributed by atoms with Gasteiger partial charge in [-0.25, -0.2) is 0 Å². The maximum atomic E-state index is 11.1. The van der Waals surface area contributed by atoms with Gasteiger partial charge in [0.25, 0.3) is 0 Å². The Kier molecular flexibility index (Phi) is 2.40. The zero-order valence-electron chi connectivity index (χ0n) is 8.86. The van der Waals surface area contributed by atoms with Gasteiger partial charge in [-0.3, -0.25) is 4.79 Å². The number of ketones is 1. The number of nitrogen functional groups attached to an aromatic ring is 2. The number of carbonyl (C=O) groups is 1. The van der Waals surface area contributed by atoms with E-state index in [1.165, 1.54) is 13.2 Å². The topological polar surface area (TPSA) is 82.2 Å². The van der Waals surface area contributed by atoms with Crippen LogP contribution in [0.4, 0.5) is 11.4 Å². The number of furan rings is 1. The molecule has 2 rings (SSSR count). The summed E-state index contributed by atoms with van der Waals surface area (Å²) in [6.07, 6.45) is 1.53. The van der Waals surface area contributed by atoms with E-state index in [1.54, 1.807) is 18.2 Å². The molecule has 1 heterocycles. The molecule has 0 unspecified atom stereocenters. The maximum Gasteiger partial charge on any atom is 0.194 e. The van der Waals surface area contributed by atoms with Crippen LogP contribution in [0, 0.1) is 0 Å². The minimum atomic E-state index is -0.102. The van der Waals surface area contributed by atoms with E-state index < -0.39 is 0 Å². The first-order valence-corrected chi connectivity index (χ1v) is 4.83. The lowest BCUT2D eigenvalue weighted by atomic mass is 10.1. The predicted molar refractivity (Wildman–Crippen MR) is 63.0 cm³/mol. The number of Topliss-reactive ketones (excluding diaryl/α,β-unsaturated/α-hetero) is 1. The summed E-state index contributed by atoms with van der Waals surface area (Å²) in [5.41, 5.74) is 14.1. The van der Waals surface area contributed by atoms with Gasteiger partial charge >= 0.3 is 0 Å². The fourth-order valence-corrected chi connectivity index (χ4v) is 1.43. The molecular weight excluding hydrogens is 204 g/mol. The SMILES string of the molecule is CC(=O)c1cc(-c2ccc(N)c(N)c2)co1. The average molecular weight is 216 g/mol. The molecule has 4 N–H and O–H groups in total. The van der Waals surface area contributed by atoms with Gasteiger partial charge in [0.2, 0.25) is 0 Å². The molecule has 82 valence electrons. The highest BCUT2D eigenvalue weighted by Gasteiger charge is 2.08. The second-order valence-corrected chi connectivity index (χ2v) is 3.60. The first-order valence-electron chi connectivity index (χ1n) is 4.83. The Hall–Kier alpha value is -2.23. The van der Waals surface area contributed by atoms with E-state index in [2.05, 4.69) is 0 Å². The van der Waals surface area contributed by atoms with E-state index in [4.69, 9.17) is 15.9 Å². The summed E-state index contributed by atoms with van der Waals surface area (Å²) in [7, 11) is 0. The lowest BCUT2D eigenvalue weighted by molar-refractivity contribution is 0.0987. The van der Waals surface area contributed by atoms with Gasteiger partial charge in [0.05, 0.1) is 17.6 Å². The Morgan fingerprint density at radius 3 is 2.44 bits per heavy atom. The van der Waals surface area contributed by atoms with Crippen LogP contribution in [0.2, 0.25) is 0 Å². The summed E-state index contributed by atoms with van der Waals surface area (Å²) in [5.74, 6) is 0.236. The van der Waals surface area contributed by atoms with E-state index in [-0.39, 0.29) is 5.78 Å². The summed E-state index contributed by atoms with van der Waals surface area (Å²) in [5, 5.41) is 0. The monoisotopic (exact) mass is 216 g/mol. The van der Waals surface area contributed by atoms with E-state index >= 15 is 0 Å². The minimum Gasteiger partial charge on any atom is -0.461 e. The molecule has 2 aromatic rings. The molecule has 1 aromatic heterocycles. The van der Waals surface area contributed by atoms with Crippen molar-refractivity contribution in [2.75, 3.05) is 11.5 Å². The van der Waals surface area contributed by atoms with Crippen LogP contribution in [-0.2, 0) is 0 Å². The number of hydrogen-bond donors (Lipinski definition) is 2. The third-order valence-electron chi connectivity index (χ3n) is 2.37. The van der Waals surface area contributed by atoms with Gasteiger partial charge < -0.3 is 15.9 Å². The summed E-state index contributed by atoms with van der Waals surface area (Å²) in [6.45, 7) is 1.46. The number of anilines is 2. The zero-order valence-corrected chi connectivity index (χ0v) is 8.86. The molecule has 0 bridgehead atoms. The van der Waals surface area contributed by atoms with E-state index in [9.17, 15) is 4.79 Å². The first-order chi connectivity index (χ1) is 7.58. The van der Waals surface area contributed by atoms with Crippen molar-refractivity contribution in [2.45, 2.75) is 6.92 Å². The Balaban J connectivity index is 2.42. The third kappa shape index (κ3) is 1.77. The van der Waals surface area contributed by atoms with Crippen LogP contribution in [-0.4, -0.2) is 5.78 Å². The van der Waals surface area contributed by atoms with Crippen LogP contribution in [0.1, 0.15) is 17.5 Å². The number of hydrogen-bond acceptors (Lipinski definition) is 4. The summed E-state index contributed by atoms with van der Waals surface area (Å²) in [4.78, 5) is 11.1. The van der Waals surface area contributed by atoms with Crippen molar-refractivity contribution < 1.29 is 9.21 Å². The van der Waals surface area contributed by atoms with Crippen molar-refractivity contribution in [2.24, 2.45) is 0 Å². The van der Waals surface area contributed by atoms with Crippen LogP contribution in [0.15, 0.2) is 34.9 Å². The number of rotatable bonds is 2. The van der Waals surface area contributed by atoms with Gasteiger partial charge in [-0.05, 0) is 23.8 Å². The maximum absolute atomic E-state index is 11.1. The lowest BCUT2D eigenvalue weighted by Gasteiger charge is -2.01. The summed E-state index contributed by atoms with van der Waals surface area (Å²) >= 11 is 0. The van der Waals surface area contributed by atoms with Crippen LogP contribution in [0.5, 0.6) is 0 Å². The molecule has 0 aliphatic rings. The van der Waals surface area contributed by atoms with E-state index in [0.717, 1.165) is 11.1 Å². The highest BCUT2D eigenvalue weighted by Crippen LogP contribution is 2.26. The Morgan fingerprint density at radius 2 is 1.88 bits per heavy atom. The van der Waals surface area contributed by atoms with Crippen LogP contribution in [0.25, 0.3) is 11.1 Å². The first kappa shape index (κ1) is 10.3. The summed E-state index contributed by atoms with van der Waals surface area (Å²) < 4.78 is 5.13. The molecule has 0 amide bonds. The van der Waals surface area contributed by atoms with Crippen molar-refractivity contribution in [3.63, 3.8) is 0 Å². The van der Waals surface area contributed by atoms with Crippen LogP contribution < -0.4 is 11.5 Å². The molecule has 0 saturated heterocycles. The predicted octanol–water partition coefficient (Wildman–Crippen LogP) is 2.31. The molecular formula is C12H12N2O2. The molecule has 4 heteroatoms. The second-order valence-electron chi connectivity index (χ2n) is 3.60. The lowest BCUT2D eigenvalue weighted by Crippen LogP contribution is -1.93. The fraction of sp³-hybridized carbons (Fsp3) is 0.0833. The molecule has 0 aliphatic heterocycles. The van der Waals surface area contributed by atoms with Crippen molar-refractivity contribution in [3.05, 3.63) is 36.3 Å². The number of carbonyl (C=O) groups excluding carboxylic acids is 1. The smallest absolute Gasteiger partial charge is 0.194 e. The standard InChI is InChI=1S/C12H12N2O2/c1-7(15)12-5-9(6-16-12)8-2-3-10(13)11(14)4-8/h2-6H,13-14H2,1H3. The minimum absolute atomic E-state index is 0.102. The van der Waals surface area contributed by atoms with Crippen molar-refractivity contribution in [3.8, 4) is 11.1 Å². The highest BCUT2D eigenvalue weighted by molar-refractivity contribution is 5.92. The molecule has 0 atom stereocenters. The zero-order chi connectivity index (χ0) is 11.7. The largest absolute Gasteiger partial charge is 0.461 e. The molecule has 4 nitrogen and oxygen atoms in total. The third-order valence-corrected chi connectivity index (χ3v) is 2.37. The Morgan fingerprint density at radius 1 is 1.12 bits per heavy atom. The quantitative estimate of drug-likeness (QED) is 0.596. The van der Waals surface area contributed by atoms with E-state index in [0.29, 0.717) is 17.1 Å². The van der Waals surface area contributed by atoms with Gasteiger partial charge in [-0.1, -0.05) is 6.07 Å². The van der Waals surface area contributed by atoms with Gasteiger partial charge in [0, 0.05) is 12.5 Å². The molecule has 16 heavy (non-hydrogen) atoms. The van der Waals surface area contributed by atoms with E-state index in [1.807, 2.05) is 6.07 Å². The second kappa shape index (κ2) is 3.73. The van der Waals surface area contributed by atoms with Gasteiger partial charge in [0.1, 0.15) is 0 Å². The van der Waals surface area contributed by atoms with Crippen molar-refractivity contribution in [1.29, 1.82) is 0 Å². The van der Waals surface area contributed by atoms with Crippen LogP contribution >= 0.6 is 0 Å². The number of benzene rings is 1. The molecule has 0 aliphatic carbocycles. The van der Waals surface area contributed by atoms with Crippen molar-refractivity contribution in [1.82, 2.24) is 0 Å². The number of nitrogens with two attached hydrogens (primary N) is 2.